The van der Waals surface area contributed by atoms with Crippen LogP contribution in [0.5, 0.6) is 5.75 Å². The van der Waals surface area contributed by atoms with Crippen LogP contribution in [0.2, 0.25) is 0 Å². The third-order valence-corrected chi connectivity index (χ3v) is 4.71. The van der Waals surface area contributed by atoms with Gasteiger partial charge in [0.25, 0.3) is 0 Å². The van der Waals surface area contributed by atoms with Crippen molar-refractivity contribution in [3.8, 4) is 17.1 Å². The lowest BCUT2D eigenvalue weighted by molar-refractivity contribution is 0.128. The summed E-state index contributed by atoms with van der Waals surface area (Å²) in [4.78, 5) is 13.5. The van der Waals surface area contributed by atoms with Gasteiger partial charge in [-0.25, -0.2) is 9.97 Å². The van der Waals surface area contributed by atoms with Crippen LogP contribution in [0, 0.1) is 0 Å². The maximum absolute atomic E-state index is 5.50. The number of nitrogens with zero attached hydrogens (tertiary/aromatic N) is 4. The van der Waals surface area contributed by atoms with Crippen LogP contribution in [-0.2, 0) is 4.74 Å². The lowest BCUT2D eigenvalue weighted by Gasteiger charge is -2.13. The van der Waals surface area contributed by atoms with Crippen molar-refractivity contribution in [3.63, 3.8) is 0 Å². The Balaban J connectivity index is 1.50. The number of methoxy groups -OCH3 is 1. The van der Waals surface area contributed by atoms with Crippen molar-refractivity contribution in [2.24, 2.45) is 0 Å². The summed E-state index contributed by atoms with van der Waals surface area (Å²) in [5, 5.41) is 6.95. The highest BCUT2D eigenvalue weighted by Crippen LogP contribution is 2.22. The van der Waals surface area contributed by atoms with E-state index in [1.165, 1.54) is 0 Å². The van der Waals surface area contributed by atoms with Gasteiger partial charge in [-0.05, 0) is 19.4 Å². The largest absolute Gasteiger partial charge is 0.497 e. The van der Waals surface area contributed by atoms with Gasteiger partial charge >= 0.3 is 0 Å². The third-order valence-electron chi connectivity index (χ3n) is 4.71. The number of hydrogen-bond acceptors (Lipinski definition) is 7. The minimum Gasteiger partial charge on any atom is -0.497 e. The zero-order valence-corrected chi connectivity index (χ0v) is 15.6. The van der Waals surface area contributed by atoms with Crippen molar-refractivity contribution in [3.05, 3.63) is 36.9 Å². The average molecular weight is 368 g/mol. The molecule has 0 aliphatic carbocycles. The quantitative estimate of drug-likeness (QED) is 0.659. The second-order valence-corrected chi connectivity index (χ2v) is 6.57. The fourth-order valence-electron chi connectivity index (χ4n) is 3.36. The van der Waals surface area contributed by atoms with E-state index in [1.807, 2.05) is 29.7 Å². The molecule has 8 nitrogen and oxygen atoms in total. The summed E-state index contributed by atoms with van der Waals surface area (Å²) >= 11 is 0. The fourth-order valence-corrected chi connectivity index (χ4v) is 3.36. The number of ether oxygens (including phenoxy) is 2. The first kappa shape index (κ1) is 17.7. The fraction of sp³-hybridized carbons (Fsp3) is 0.421. The second-order valence-electron chi connectivity index (χ2n) is 6.57. The van der Waals surface area contributed by atoms with Gasteiger partial charge in [-0.15, -0.1) is 0 Å². The molecule has 3 aromatic heterocycles. The van der Waals surface area contributed by atoms with E-state index in [0.29, 0.717) is 12.1 Å². The first-order valence-corrected chi connectivity index (χ1v) is 9.18. The van der Waals surface area contributed by atoms with Crippen LogP contribution in [0.3, 0.4) is 0 Å². The number of imidazole rings is 1. The minimum absolute atomic E-state index is 0.312. The van der Waals surface area contributed by atoms with Crippen LogP contribution in [0.4, 0.5) is 5.82 Å². The molecule has 0 radical (unpaired) electrons. The Morgan fingerprint density at radius 1 is 1.33 bits per heavy atom. The van der Waals surface area contributed by atoms with Crippen LogP contribution in [0.1, 0.15) is 13.3 Å². The molecule has 8 heteroatoms. The lowest BCUT2D eigenvalue weighted by atomic mass is 10.2. The number of rotatable bonds is 7. The van der Waals surface area contributed by atoms with Crippen LogP contribution in [-0.4, -0.2) is 58.3 Å². The van der Waals surface area contributed by atoms with Gasteiger partial charge in [0.05, 0.1) is 38.0 Å². The Morgan fingerprint density at radius 3 is 3.11 bits per heavy atom. The molecule has 1 fully saturated rings. The summed E-state index contributed by atoms with van der Waals surface area (Å²) in [5.41, 5.74) is 2.47. The minimum atomic E-state index is 0.312. The molecule has 4 rings (SSSR count). The summed E-state index contributed by atoms with van der Waals surface area (Å²) in [7, 11) is 1.65. The van der Waals surface area contributed by atoms with Gasteiger partial charge in [0.2, 0.25) is 0 Å². The van der Waals surface area contributed by atoms with E-state index in [9.17, 15) is 0 Å². The number of anilines is 1. The molecule has 27 heavy (non-hydrogen) atoms. The Bertz CT molecular complexity index is 912. The highest BCUT2D eigenvalue weighted by atomic mass is 16.5. The predicted octanol–water partition coefficient (Wildman–Crippen LogP) is 1.98. The van der Waals surface area contributed by atoms with Crippen LogP contribution >= 0.6 is 0 Å². The molecule has 0 spiro atoms. The zero-order valence-electron chi connectivity index (χ0n) is 15.6. The summed E-state index contributed by atoms with van der Waals surface area (Å²) < 4.78 is 12.7. The van der Waals surface area contributed by atoms with E-state index in [1.54, 1.807) is 25.7 Å². The van der Waals surface area contributed by atoms with Crippen LogP contribution in [0.25, 0.3) is 17.0 Å². The van der Waals surface area contributed by atoms with Crippen molar-refractivity contribution in [2.45, 2.75) is 25.4 Å². The van der Waals surface area contributed by atoms with Crippen molar-refractivity contribution in [2.75, 3.05) is 32.2 Å². The molecule has 0 saturated carbocycles. The monoisotopic (exact) mass is 368 g/mol. The van der Waals surface area contributed by atoms with E-state index in [4.69, 9.17) is 14.5 Å². The number of pyridine rings is 1. The average Bonchev–Trinajstić information content (AvgIpc) is 3.32. The molecule has 2 atom stereocenters. The molecule has 0 bridgehead atoms. The Hall–Kier alpha value is -2.71. The third kappa shape index (κ3) is 3.86. The molecule has 0 amide bonds. The van der Waals surface area contributed by atoms with E-state index >= 15 is 0 Å². The molecule has 0 aromatic carbocycles. The summed E-state index contributed by atoms with van der Waals surface area (Å²) in [6, 6.07) is 4.48. The SMILES string of the molecule is CCOC[C@@H]1C[C@@H](Nc2cncc(-c3cnc4cc(OC)ccn34)n2)CN1. The number of fused-ring (bicyclic) bond motifs is 1. The van der Waals surface area contributed by atoms with Crippen molar-refractivity contribution < 1.29 is 9.47 Å². The van der Waals surface area contributed by atoms with Gasteiger partial charge in [-0.2, -0.15) is 0 Å². The van der Waals surface area contributed by atoms with Gasteiger partial charge < -0.3 is 20.1 Å². The van der Waals surface area contributed by atoms with E-state index < -0.39 is 0 Å². The molecular weight excluding hydrogens is 344 g/mol. The van der Waals surface area contributed by atoms with Gasteiger partial charge in [0, 0.05) is 37.5 Å². The topological polar surface area (TPSA) is 85.6 Å². The van der Waals surface area contributed by atoms with Crippen LogP contribution in [0.15, 0.2) is 36.9 Å². The van der Waals surface area contributed by atoms with Crippen molar-refractivity contribution in [1.29, 1.82) is 0 Å². The van der Waals surface area contributed by atoms with Crippen molar-refractivity contribution >= 4 is 11.5 Å². The van der Waals surface area contributed by atoms with Crippen molar-refractivity contribution in [1.82, 2.24) is 24.7 Å². The molecule has 4 heterocycles. The molecule has 1 aliphatic rings. The molecule has 0 unspecified atom stereocenters. The van der Waals surface area contributed by atoms with Gasteiger partial charge in [0.1, 0.15) is 22.9 Å². The zero-order chi connectivity index (χ0) is 18.6. The molecule has 2 N–H and O–H groups in total. The van der Waals surface area contributed by atoms with Crippen LogP contribution < -0.4 is 15.4 Å². The summed E-state index contributed by atoms with van der Waals surface area (Å²) in [5.74, 6) is 1.54. The number of aromatic nitrogens is 4. The predicted molar refractivity (Wildman–Crippen MR) is 103 cm³/mol. The molecule has 142 valence electrons. The molecule has 1 aliphatic heterocycles. The van der Waals surface area contributed by atoms with E-state index in [0.717, 1.165) is 54.8 Å². The maximum Gasteiger partial charge on any atom is 0.145 e. The van der Waals surface area contributed by atoms with Gasteiger partial charge in [-0.1, -0.05) is 0 Å². The highest BCUT2D eigenvalue weighted by Gasteiger charge is 2.24. The first-order chi connectivity index (χ1) is 13.3. The Kier molecular flexibility index (Phi) is 5.17. The smallest absolute Gasteiger partial charge is 0.145 e. The number of nitrogens with one attached hydrogen (secondary N) is 2. The molecule has 3 aromatic rings. The number of hydrogen-bond donors (Lipinski definition) is 2. The van der Waals surface area contributed by atoms with E-state index in [2.05, 4.69) is 20.6 Å². The lowest BCUT2D eigenvalue weighted by Crippen LogP contribution is -2.26. The summed E-state index contributed by atoms with van der Waals surface area (Å²) in [6.07, 6.45) is 8.24. The normalized spacial score (nSPS) is 19.5. The Morgan fingerprint density at radius 2 is 2.26 bits per heavy atom. The summed E-state index contributed by atoms with van der Waals surface area (Å²) in [6.45, 7) is 4.39. The van der Waals surface area contributed by atoms with E-state index in [-0.39, 0.29) is 0 Å². The standard InChI is InChI=1S/C19H24N6O2/c1-3-27-12-14-6-13(8-21-14)23-18-11-20-9-16(24-18)17-10-22-19-7-15(26-2)4-5-25(17)19/h4-5,7,9-11,13-14,21H,3,6,8,12H2,1-2H3,(H,23,24)/t13-,14+/m1/s1. The van der Waals surface area contributed by atoms with Gasteiger partial charge in [-0.3, -0.25) is 9.38 Å². The first-order valence-electron chi connectivity index (χ1n) is 9.18. The second kappa shape index (κ2) is 7.89. The Labute approximate surface area is 158 Å². The highest BCUT2D eigenvalue weighted by molar-refractivity contribution is 5.61. The van der Waals surface area contributed by atoms with Gasteiger partial charge in [0.15, 0.2) is 0 Å². The molecule has 1 saturated heterocycles. The molecular formula is C19H24N6O2. The maximum atomic E-state index is 5.50.